The van der Waals surface area contributed by atoms with Crippen molar-refractivity contribution in [2.75, 3.05) is 18.0 Å². The summed E-state index contributed by atoms with van der Waals surface area (Å²) in [5.74, 6) is 1.84. The van der Waals surface area contributed by atoms with Crippen LogP contribution in [0.1, 0.15) is 37.3 Å². The maximum absolute atomic E-state index is 5.96. The summed E-state index contributed by atoms with van der Waals surface area (Å²) in [5.41, 5.74) is 5.53. The summed E-state index contributed by atoms with van der Waals surface area (Å²) in [6.45, 7) is 4.84. The molecule has 2 aromatic heterocycles. The number of nitrogens with two attached hydrogens (primary N) is 1. The summed E-state index contributed by atoms with van der Waals surface area (Å²) in [5, 5.41) is 0.255. The lowest BCUT2D eigenvalue weighted by Crippen LogP contribution is -2.24. The van der Waals surface area contributed by atoms with Crippen LogP contribution in [0.4, 0.5) is 11.9 Å². The molecule has 8 nitrogen and oxygen atoms in total. The van der Waals surface area contributed by atoms with E-state index in [9.17, 15) is 0 Å². The van der Waals surface area contributed by atoms with Crippen LogP contribution in [0.15, 0.2) is 0 Å². The van der Waals surface area contributed by atoms with E-state index in [1.54, 1.807) is 18.7 Å². The van der Waals surface area contributed by atoms with Gasteiger partial charge in [-0.1, -0.05) is 12.8 Å². The molecule has 2 rings (SSSR count). The topological polar surface area (TPSA) is 107 Å². The lowest BCUT2D eigenvalue weighted by atomic mass is 10.2. The van der Waals surface area contributed by atoms with Crippen molar-refractivity contribution < 1.29 is 0 Å². The minimum atomic E-state index is 0.127. The predicted octanol–water partition coefficient (Wildman–Crippen LogP) is 2.64. The van der Waals surface area contributed by atoms with Crippen molar-refractivity contribution in [3.8, 4) is 0 Å². The highest BCUT2D eigenvalue weighted by molar-refractivity contribution is 6.28. The molecule has 0 aliphatic rings. The lowest BCUT2D eigenvalue weighted by Gasteiger charge is -2.21. The number of aryl methyl sites for hydroxylation is 2. The molecular formula is C14H20Cl2N8. The maximum Gasteiger partial charge on any atom is 0.236 e. The molecule has 0 radical (unpaired) electrons. The van der Waals surface area contributed by atoms with Crippen LogP contribution >= 0.6 is 23.2 Å². The molecule has 0 saturated heterocycles. The van der Waals surface area contributed by atoms with Crippen LogP contribution in [-0.4, -0.2) is 43.0 Å². The second-order valence-electron chi connectivity index (χ2n) is 5.26. The van der Waals surface area contributed by atoms with Crippen molar-refractivity contribution >= 4 is 35.1 Å². The molecule has 24 heavy (non-hydrogen) atoms. The van der Waals surface area contributed by atoms with E-state index in [4.69, 9.17) is 28.9 Å². The molecule has 0 unspecified atom stereocenters. The average molecular weight is 371 g/mol. The number of rotatable bonds is 8. The third kappa shape index (κ3) is 5.47. The third-order valence-electron chi connectivity index (χ3n) is 3.23. The Hall–Kier alpha value is -1.64. The van der Waals surface area contributed by atoms with Gasteiger partial charge in [0, 0.05) is 6.54 Å². The fraction of sp³-hybridized carbons (Fsp3) is 0.571. The Kier molecular flexibility index (Phi) is 7.01. The number of anilines is 2. The van der Waals surface area contributed by atoms with Crippen LogP contribution < -0.4 is 10.6 Å². The largest absolute Gasteiger partial charge is 0.330 e. The van der Waals surface area contributed by atoms with Gasteiger partial charge in [0.2, 0.25) is 22.5 Å². The van der Waals surface area contributed by atoms with Gasteiger partial charge >= 0.3 is 0 Å². The molecule has 10 heteroatoms. The number of hydrogen-bond acceptors (Lipinski definition) is 8. The summed E-state index contributed by atoms with van der Waals surface area (Å²) in [6, 6.07) is 0. The Morgan fingerprint density at radius 1 is 0.750 bits per heavy atom. The van der Waals surface area contributed by atoms with Gasteiger partial charge in [0.15, 0.2) is 0 Å². The van der Waals surface area contributed by atoms with Gasteiger partial charge in [0.1, 0.15) is 11.6 Å². The molecule has 0 atom stereocenters. The van der Waals surface area contributed by atoms with Gasteiger partial charge in [-0.25, -0.2) is 9.97 Å². The zero-order valence-electron chi connectivity index (χ0n) is 13.7. The molecular weight excluding hydrogens is 351 g/mol. The zero-order chi connectivity index (χ0) is 17.5. The van der Waals surface area contributed by atoms with Crippen molar-refractivity contribution in [3.63, 3.8) is 0 Å². The quantitative estimate of drug-likeness (QED) is 0.706. The molecule has 130 valence electrons. The minimum Gasteiger partial charge on any atom is -0.330 e. The van der Waals surface area contributed by atoms with E-state index in [2.05, 4.69) is 29.9 Å². The van der Waals surface area contributed by atoms with Gasteiger partial charge < -0.3 is 5.73 Å². The summed E-state index contributed by atoms with van der Waals surface area (Å²) in [6.07, 6.45) is 4.01. The molecule has 0 bridgehead atoms. The van der Waals surface area contributed by atoms with Crippen molar-refractivity contribution in [1.82, 2.24) is 29.9 Å². The van der Waals surface area contributed by atoms with E-state index < -0.39 is 0 Å². The van der Waals surface area contributed by atoms with Gasteiger partial charge in [-0.05, 0) is 56.4 Å². The fourth-order valence-corrected chi connectivity index (χ4v) is 2.57. The van der Waals surface area contributed by atoms with Gasteiger partial charge in [-0.2, -0.15) is 19.9 Å². The molecule has 0 aromatic carbocycles. The Labute approximate surface area is 150 Å². The van der Waals surface area contributed by atoms with Crippen LogP contribution in [0, 0.1) is 13.8 Å². The van der Waals surface area contributed by atoms with Crippen LogP contribution in [-0.2, 0) is 0 Å². The molecule has 0 amide bonds. The number of halogens is 2. The predicted molar refractivity (Wildman–Crippen MR) is 93.7 cm³/mol. The van der Waals surface area contributed by atoms with Gasteiger partial charge in [0.05, 0.1) is 0 Å². The SMILES string of the molecule is Cc1nc(Cl)nc(N(CCCCCCN)c2nc(C)nc(Cl)n2)n1. The monoisotopic (exact) mass is 370 g/mol. The smallest absolute Gasteiger partial charge is 0.236 e. The number of unbranched alkanes of at least 4 members (excludes halogenated alkanes) is 3. The van der Waals surface area contributed by atoms with E-state index in [0.717, 1.165) is 25.7 Å². The average Bonchev–Trinajstić information content (AvgIpc) is 2.48. The minimum absolute atomic E-state index is 0.127. The molecule has 2 N–H and O–H groups in total. The van der Waals surface area contributed by atoms with Crippen LogP contribution in [0.3, 0.4) is 0 Å². The van der Waals surface area contributed by atoms with Crippen molar-refractivity contribution in [2.45, 2.75) is 39.5 Å². The molecule has 0 aliphatic carbocycles. The highest BCUT2D eigenvalue weighted by atomic mass is 35.5. The number of aromatic nitrogens is 6. The first-order valence-electron chi connectivity index (χ1n) is 7.73. The highest BCUT2D eigenvalue weighted by Gasteiger charge is 2.18. The molecule has 0 aliphatic heterocycles. The van der Waals surface area contributed by atoms with E-state index in [0.29, 0.717) is 36.6 Å². The summed E-state index contributed by atoms with van der Waals surface area (Å²) < 4.78 is 0. The molecule has 0 spiro atoms. The zero-order valence-corrected chi connectivity index (χ0v) is 15.2. The summed E-state index contributed by atoms with van der Waals surface area (Å²) >= 11 is 11.9. The fourth-order valence-electron chi connectivity index (χ4n) is 2.17. The van der Waals surface area contributed by atoms with Crippen LogP contribution in [0.5, 0.6) is 0 Å². The molecule has 2 heterocycles. The normalized spacial score (nSPS) is 10.9. The van der Waals surface area contributed by atoms with Gasteiger partial charge in [-0.15, -0.1) is 0 Å². The van der Waals surface area contributed by atoms with E-state index in [1.807, 2.05) is 0 Å². The molecule has 0 fully saturated rings. The maximum atomic E-state index is 5.96. The number of nitrogens with zero attached hydrogens (tertiary/aromatic N) is 7. The molecule has 2 aromatic rings. The Morgan fingerprint density at radius 2 is 1.25 bits per heavy atom. The third-order valence-corrected chi connectivity index (χ3v) is 3.57. The Bertz CT molecular complexity index is 590. The first-order chi connectivity index (χ1) is 11.5. The van der Waals surface area contributed by atoms with Gasteiger partial charge in [0.25, 0.3) is 0 Å². The summed E-state index contributed by atoms with van der Waals surface area (Å²) in [7, 11) is 0. The van der Waals surface area contributed by atoms with Gasteiger partial charge in [-0.3, -0.25) is 4.90 Å². The summed E-state index contributed by atoms with van der Waals surface area (Å²) in [4.78, 5) is 26.8. The van der Waals surface area contributed by atoms with Crippen molar-refractivity contribution in [1.29, 1.82) is 0 Å². The number of hydrogen-bond donors (Lipinski definition) is 1. The van der Waals surface area contributed by atoms with Crippen molar-refractivity contribution in [3.05, 3.63) is 22.2 Å². The van der Waals surface area contributed by atoms with Crippen molar-refractivity contribution in [2.24, 2.45) is 5.73 Å². The highest BCUT2D eigenvalue weighted by Crippen LogP contribution is 2.21. The van der Waals surface area contributed by atoms with Crippen LogP contribution in [0.2, 0.25) is 10.6 Å². The van der Waals surface area contributed by atoms with E-state index in [-0.39, 0.29) is 10.6 Å². The van der Waals surface area contributed by atoms with Crippen LogP contribution in [0.25, 0.3) is 0 Å². The van der Waals surface area contributed by atoms with E-state index >= 15 is 0 Å². The Balaban J connectivity index is 2.26. The molecule has 0 saturated carbocycles. The lowest BCUT2D eigenvalue weighted by molar-refractivity contribution is 0.640. The second-order valence-corrected chi connectivity index (χ2v) is 5.93. The van der Waals surface area contributed by atoms with E-state index in [1.165, 1.54) is 0 Å². The second kappa shape index (κ2) is 9.00. The Morgan fingerprint density at radius 3 is 1.71 bits per heavy atom. The first-order valence-corrected chi connectivity index (χ1v) is 8.49. The standard InChI is InChI=1S/C14H20Cl2N8/c1-9-18-11(15)22-13(20-9)24(8-6-4-3-5-7-17)14-21-10(2)19-12(16)23-14/h3-8,17H2,1-2H3. The first kappa shape index (κ1) is 18.7.